The molecule has 0 heterocycles. The molecule has 0 N–H and O–H groups in total. The maximum absolute atomic E-state index is 3.61. The van der Waals surface area contributed by atoms with Crippen LogP contribution in [0.3, 0.4) is 0 Å². The molecule has 1 radical (unpaired) electrons. The number of rotatable bonds is 4. The van der Waals surface area contributed by atoms with Crippen LogP contribution in [0.5, 0.6) is 0 Å². The Morgan fingerprint density at radius 1 is 1.43 bits per heavy atom. The Morgan fingerprint density at radius 3 is 2.57 bits per heavy atom. The molecule has 0 amide bonds. The first-order valence-corrected chi connectivity index (χ1v) is 4.90. The summed E-state index contributed by atoms with van der Waals surface area (Å²) in [6.07, 6.45) is 3.82. The van der Waals surface area contributed by atoms with Gasteiger partial charge in [-0.15, -0.1) is 0 Å². The summed E-state index contributed by atoms with van der Waals surface area (Å²) in [6, 6.07) is 0. The first-order chi connectivity index (χ1) is 3.41. The third-order valence-corrected chi connectivity index (χ3v) is 2.59. The molecule has 0 rings (SSSR count). The molecule has 1 heteroatoms. The van der Waals surface area contributed by atoms with Crippen LogP contribution in [0.25, 0.3) is 0 Å². The van der Waals surface area contributed by atoms with Crippen LogP contribution in [0, 0.1) is 5.21 Å². The third-order valence-electron chi connectivity index (χ3n) is 0.498. The predicted octanol–water partition coefficient (Wildman–Crippen LogP) is 1.37. The summed E-state index contributed by atoms with van der Waals surface area (Å²) in [4.78, 5) is 0. The van der Waals surface area contributed by atoms with Crippen molar-refractivity contribution < 1.29 is 0 Å². The Morgan fingerprint density at radius 2 is 2.14 bits per heavy atom. The molecule has 0 aromatic heterocycles. The Bertz CT molecular complexity index is 49.2. The van der Waals surface area contributed by atoms with Crippen LogP contribution < -0.4 is 0 Å². The quantitative estimate of drug-likeness (QED) is 0.328. The van der Waals surface area contributed by atoms with Crippen molar-refractivity contribution in [2.75, 3.05) is 0 Å². The molecule has 0 aromatic carbocycles. The second kappa shape index (κ2) is 6.04. The van der Waals surface area contributed by atoms with Crippen molar-refractivity contribution in [2.24, 2.45) is 0 Å². The summed E-state index contributed by atoms with van der Waals surface area (Å²) >= 11 is 0.153. The van der Waals surface area contributed by atoms with E-state index >= 15 is 0 Å². The molecule has 0 aliphatic carbocycles. The van der Waals surface area contributed by atoms with Gasteiger partial charge in [-0.3, -0.25) is 0 Å². The molecular weight excluding hydrogens is 147 g/mol. The Balaban J connectivity index is 2.68. The van der Waals surface area contributed by atoms with Crippen molar-refractivity contribution in [1.82, 2.24) is 0 Å². The normalized spacial score (nSPS) is 8.00. The van der Waals surface area contributed by atoms with Gasteiger partial charge in [-0.25, -0.2) is 0 Å². The van der Waals surface area contributed by atoms with Crippen LogP contribution in [0.2, 0.25) is 5.21 Å². The SMILES string of the molecule is C=C[CH][AsH]CC=C. The molecule has 1 unspecified atom stereocenters. The zero-order valence-corrected chi connectivity index (χ0v) is 6.45. The monoisotopic (exact) mass is 157 g/mol. The molecule has 0 saturated carbocycles. The second-order valence-corrected chi connectivity index (χ2v) is 3.51. The van der Waals surface area contributed by atoms with Crippen molar-refractivity contribution in [3.05, 3.63) is 30.5 Å². The second-order valence-electron chi connectivity index (χ2n) is 1.10. The van der Waals surface area contributed by atoms with Crippen molar-refractivity contribution >= 4 is 15.8 Å². The first kappa shape index (κ1) is 7.04. The molecule has 0 spiro atoms. The van der Waals surface area contributed by atoms with Crippen molar-refractivity contribution in [1.29, 1.82) is 0 Å². The van der Waals surface area contributed by atoms with Gasteiger partial charge in [-0.1, -0.05) is 0 Å². The fourth-order valence-corrected chi connectivity index (χ4v) is 1.22. The molecule has 1 atom stereocenters. The summed E-state index contributed by atoms with van der Waals surface area (Å²) in [5, 5.41) is 3.34. The van der Waals surface area contributed by atoms with Crippen LogP contribution in [0.15, 0.2) is 25.3 Å². The summed E-state index contributed by atoms with van der Waals surface area (Å²) in [5.74, 6) is 0. The minimum absolute atomic E-state index is 0.153. The third kappa shape index (κ3) is 6.04. The van der Waals surface area contributed by atoms with Crippen LogP contribution in [0.4, 0.5) is 0 Å². The molecule has 0 fully saturated rings. The van der Waals surface area contributed by atoms with Crippen LogP contribution in [0.1, 0.15) is 0 Å². The fourth-order valence-electron chi connectivity index (χ4n) is 0.235. The van der Waals surface area contributed by atoms with E-state index in [-0.39, 0.29) is 15.8 Å². The van der Waals surface area contributed by atoms with E-state index in [9.17, 15) is 0 Å². The molecule has 39 valence electrons. The first-order valence-electron chi connectivity index (χ1n) is 2.20. The van der Waals surface area contributed by atoms with Gasteiger partial charge in [0.2, 0.25) is 0 Å². The molecule has 0 aromatic rings. The van der Waals surface area contributed by atoms with Gasteiger partial charge < -0.3 is 0 Å². The van der Waals surface area contributed by atoms with Crippen LogP contribution in [-0.2, 0) is 0 Å². The number of hydrogen-bond acceptors (Lipinski definition) is 0. The van der Waals surface area contributed by atoms with E-state index in [2.05, 4.69) is 18.4 Å². The van der Waals surface area contributed by atoms with Crippen LogP contribution in [-0.4, -0.2) is 15.8 Å². The predicted molar refractivity (Wildman–Crippen MR) is 36.6 cm³/mol. The van der Waals surface area contributed by atoms with Crippen molar-refractivity contribution in [3.8, 4) is 0 Å². The fraction of sp³-hybridized carbons (Fsp3) is 0.167. The van der Waals surface area contributed by atoms with E-state index in [0.717, 1.165) is 0 Å². The van der Waals surface area contributed by atoms with Gasteiger partial charge in [-0.05, 0) is 0 Å². The maximum atomic E-state index is 3.61. The standard InChI is InChI=1S/C6H10As/c1-3-5-7-6-4-2/h3-5,7H,1-2,6H2. The molecule has 0 bridgehead atoms. The zero-order chi connectivity index (χ0) is 5.54. The van der Waals surface area contributed by atoms with E-state index in [0.29, 0.717) is 0 Å². The van der Waals surface area contributed by atoms with Crippen molar-refractivity contribution in [3.63, 3.8) is 0 Å². The van der Waals surface area contributed by atoms with Gasteiger partial charge in [0, 0.05) is 0 Å². The van der Waals surface area contributed by atoms with Gasteiger partial charge in [0.15, 0.2) is 0 Å². The molecule has 0 saturated heterocycles. The van der Waals surface area contributed by atoms with E-state index in [1.807, 2.05) is 12.2 Å². The average molecular weight is 157 g/mol. The van der Waals surface area contributed by atoms with E-state index in [1.165, 1.54) is 5.21 Å². The summed E-state index contributed by atoms with van der Waals surface area (Å²) in [6.45, 7) is 7.18. The van der Waals surface area contributed by atoms with Gasteiger partial charge in [0.05, 0.1) is 0 Å². The Labute approximate surface area is 52.0 Å². The Hall–Kier alpha value is 0.0384. The average Bonchev–Trinajstić information content (AvgIpc) is 1.69. The summed E-state index contributed by atoms with van der Waals surface area (Å²) in [5.41, 5.74) is 0. The topological polar surface area (TPSA) is 0 Å². The molecule has 0 nitrogen and oxygen atoms in total. The van der Waals surface area contributed by atoms with Gasteiger partial charge >= 0.3 is 51.5 Å². The summed E-state index contributed by atoms with van der Waals surface area (Å²) < 4.78 is 0. The van der Waals surface area contributed by atoms with Gasteiger partial charge in [0.1, 0.15) is 0 Å². The Kier molecular flexibility index (Phi) is 6.07. The number of hydrogen-bond donors (Lipinski definition) is 0. The molecule has 0 aliphatic rings. The van der Waals surface area contributed by atoms with E-state index in [1.54, 1.807) is 0 Å². The van der Waals surface area contributed by atoms with Crippen LogP contribution >= 0.6 is 0 Å². The number of allylic oxidation sites excluding steroid dienone is 2. The van der Waals surface area contributed by atoms with E-state index in [4.69, 9.17) is 0 Å². The molecule has 7 heavy (non-hydrogen) atoms. The molecular formula is C6H10As. The molecule has 0 aliphatic heterocycles. The summed E-state index contributed by atoms with van der Waals surface area (Å²) in [7, 11) is 0. The van der Waals surface area contributed by atoms with Gasteiger partial charge in [0.25, 0.3) is 0 Å². The zero-order valence-electron chi connectivity index (χ0n) is 4.35. The van der Waals surface area contributed by atoms with E-state index < -0.39 is 0 Å². The van der Waals surface area contributed by atoms with Gasteiger partial charge in [-0.2, -0.15) is 0 Å². The van der Waals surface area contributed by atoms with Crippen molar-refractivity contribution in [2.45, 2.75) is 5.21 Å². The minimum atomic E-state index is 0.153.